The Morgan fingerprint density at radius 3 is 2.39 bits per heavy atom. The summed E-state index contributed by atoms with van der Waals surface area (Å²) in [6, 6.07) is 0. The third kappa shape index (κ3) is 4.67. The predicted octanol–water partition coefficient (Wildman–Crippen LogP) is 4.12. The lowest BCUT2D eigenvalue weighted by Gasteiger charge is -2.32. The third-order valence-electron chi connectivity index (χ3n) is 7.52. The molecule has 0 aromatic rings. The fourth-order valence-electron chi connectivity index (χ4n) is 5.47. The first-order valence-corrected chi connectivity index (χ1v) is 10.7. The lowest BCUT2D eigenvalue weighted by atomic mass is 9.75. The molecule has 174 valence electrons. The number of likely N-dealkylation sites (tertiary alicyclic amines) is 1. The van der Waals surface area contributed by atoms with Gasteiger partial charge in [-0.15, -0.1) is 0 Å². The molecule has 3 aliphatic rings. The van der Waals surface area contributed by atoms with Gasteiger partial charge in [0, 0.05) is 18.0 Å². The summed E-state index contributed by atoms with van der Waals surface area (Å²) in [4.78, 5) is 16.3. The monoisotopic (exact) mass is 446 g/mol. The van der Waals surface area contributed by atoms with Crippen LogP contribution >= 0.6 is 0 Å². The molecule has 4 atom stereocenters. The van der Waals surface area contributed by atoms with Gasteiger partial charge in [0.2, 0.25) is 0 Å². The van der Waals surface area contributed by atoms with Crippen molar-refractivity contribution in [3.05, 3.63) is 10.4 Å². The minimum atomic E-state index is -4.31. The van der Waals surface area contributed by atoms with E-state index in [1.165, 1.54) is 4.90 Å². The van der Waals surface area contributed by atoms with Crippen molar-refractivity contribution in [2.45, 2.75) is 76.2 Å². The molecule has 0 spiro atoms. The van der Waals surface area contributed by atoms with Crippen molar-refractivity contribution < 1.29 is 32.4 Å². The topological polar surface area (TPSA) is 108 Å². The van der Waals surface area contributed by atoms with Crippen molar-refractivity contribution >= 4 is 13.1 Å². The van der Waals surface area contributed by atoms with Crippen LogP contribution < -0.4 is 0 Å². The molecule has 31 heavy (non-hydrogen) atoms. The zero-order valence-corrected chi connectivity index (χ0v) is 18.4. The van der Waals surface area contributed by atoms with Crippen molar-refractivity contribution in [1.29, 1.82) is 0 Å². The number of nitrogens with zero attached hydrogens (tertiary/aromatic N) is 4. The minimum absolute atomic E-state index is 0.0621. The first-order valence-electron chi connectivity index (χ1n) is 10.7. The maximum atomic E-state index is 12.9. The van der Waals surface area contributed by atoms with Gasteiger partial charge in [0.25, 0.3) is 0 Å². The molecule has 8 nitrogen and oxygen atoms in total. The fourth-order valence-corrected chi connectivity index (χ4v) is 5.47. The van der Waals surface area contributed by atoms with E-state index in [4.69, 9.17) is 14.8 Å². The average Bonchev–Trinajstić information content (AvgIpc) is 3.15. The molecular weight excluding hydrogens is 416 g/mol. The molecule has 0 amide bonds. The molecule has 0 radical (unpaired) electrons. The van der Waals surface area contributed by atoms with E-state index in [0.29, 0.717) is 19.2 Å². The normalized spacial score (nSPS) is 34.5. The van der Waals surface area contributed by atoms with Crippen LogP contribution in [-0.2, 0) is 14.1 Å². The van der Waals surface area contributed by atoms with Crippen LogP contribution in [0.5, 0.6) is 0 Å². The second-order valence-electron chi connectivity index (χ2n) is 10.1. The molecule has 2 saturated heterocycles. The minimum Gasteiger partial charge on any atom is -0.481 e. The van der Waals surface area contributed by atoms with Crippen molar-refractivity contribution in [1.82, 2.24) is 4.90 Å². The Morgan fingerprint density at radius 1 is 1.26 bits per heavy atom. The van der Waals surface area contributed by atoms with E-state index in [0.717, 1.165) is 0 Å². The number of carboxylic acid groups (broad SMARTS) is 1. The van der Waals surface area contributed by atoms with Gasteiger partial charge in [0.05, 0.1) is 17.7 Å². The smallest absolute Gasteiger partial charge is 0.457 e. The van der Waals surface area contributed by atoms with Gasteiger partial charge in [0.15, 0.2) is 0 Å². The Morgan fingerprint density at radius 2 is 1.87 bits per heavy atom. The molecule has 12 heteroatoms. The van der Waals surface area contributed by atoms with Gasteiger partial charge < -0.3 is 14.4 Å². The molecule has 3 rings (SSSR count). The van der Waals surface area contributed by atoms with Crippen molar-refractivity contribution in [2.75, 3.05) is 19.6 Å². The summed E-state index contributed by atoms with van der Waals surface area (Å²) in [5.41, 5.74) is 6.46. The van der Waals surface area contributed by atoms with Gasteiger partial charge in [0.1, 0.15) is 5.54 Å². The Balaban J connectivity index is 1.71. The van der Waals surface area contributed by atoms with E-state index in [2.05, 4.69) is 10.0 Å². The van der Waals surface area contributed by atoms with Crippen LogP contribution in [0.2, 0.25) is 6.32 Å². The lowest BCUT2D eigenvalue weighted by Crippen LogP contribution is -2.44. The summed E-state index contributed by atoms with van der Waals surface area (Å²) in [7, 11) is -0.439. The standard InChI is InChI=1S/C19H30BF3N4O4/c1-16(2)17(3,4)31-20(30-16)7-5-6-14-13-10-27(11-19(21,22)23)9-12(13)8-18(14,15(28)29)25-26-24/h12-14H,5-11H2,1-4H3,(H,28,29)/t12-,13+,14-,18-/m0/s1. The number of rotatable bonds is 7. The van der Waals surface area contributed by atoms with E-state index in [-0.39, 0.29) is 31.3 Å². The maximum absolute atomic E-state index is 12.9. The van der Waals surface area contributed by atoms with Crippen LogP contribution in [0.4, 0.5) is 13.2 Å². The highest BCUT2D eigenvalue weighted by molar-refractivity contribution is 6.45. The molecule has 2 aliphatic heterocycles. The summed E-state index contributed by atoms with van der Waals surface area (Å²) in [6.45, 7) is 7.08. The molecule has 0 bridgehead atoms. The highest BCUT2D eigenvalue weighted by Crippen LogP contribution is 2.53. The van der Waals surface area contributed by atoms with Gasteiger partial charge in [-0.2, -0.15) is 13.2 Å². The number of halogens is 3. The van der Waals surface area contributed by atoms with Crippen molar-refractivity contribution in [2.24, 2.45) is 22.9 Å². The van der Waals surface area contributed by atoms with Crippen LogP contribution in [0.15, 0.2) is 5.11 Å². The predicted molar refractivity (Wildman–Crippen MR) is 107 cm³/mol. The van der Waals surface area contributed by atoms with Crippen molar-refractivity contribution in [3.8, 4) is 0 Å². The van der Waals surface area contributed by atoms with Gasteiger partial charge >= 0.3 is 19.3 Å². The maximum Gasteiger partial charge on any atom is 0.457 e. The summed E-state index contributed by atoms with van der Waals surface area (Å²) < 4.78 is 50.5. The highest BCUT2D eigenvalue weighted by atomic mass is 19.4. The van der Waals surface area contributed by atoms with E-state index >= 15 is 0 Å². The number of hydrogen-bond acceptors (Lipinski definition) is 5. The lowest BCUT2D eigenvalue weighted by molar-refractivity contribution is -0.148. The summed E-state index contributed by atoms with van der Waals surface area (Å²) >= 11 is 0. The quantitative estimate of drug-likeness (QED) is 0.274. The Labute approximate surface area is 180 Å². The average molecular weight is 446 g/mol. The van der Waals surface area contributed by atoms with Crippen LogP contribution in [0.3, 0.4) is 0 Å². The number of aliphatic carboxylic acids is 1. The summed E-state index contributed by atoms with van der Waals surface area (Å²) in [5, 5.41) is 13.6. The number of fused-ring (bicyclic) bond motifs is 1. The van der Waals surface area contributed by atoms with Crippen LogP contribution in [0.25, 0.3) is 10.4 Å². The molecule has 0 aromatic heterocycles. The summed E-state index contributed by atoms with van der Waals surface area (Å²) in [6.07, 6.45) is -2.75. The second kappa shape index (κ2) is 8.13. The van der Waals surface area contributed by atoms with Gasteiger partial charge in [-0.25, -0.2) is 0 Å². The Hall–Kier alpha value is -1.49. The van der Waals surface area contributed by atoms with Crippen molar-refractivity contribution in [3.63, 3.8) is 0 Å². The molecule has 3 fully saturated rings. The first kappa shape index (κ1) is 24.2. The zero-order valence-electron chi connectivity index (χ0n) is 18.4. The number of carboxylic acids is 1. The molecule has 2 heterocycles. The largest absolute Gasteiger partial charge is 0.481 e. The molecule has 1 saturated carbocycles. The number of hydrogen-bond donors (Lipinski definition) is 1. The van der Waals surface area contributed by atoms with E-state index in [9.17, 15) is 23.1 Å². The van der Waals surface area contributed by atoms with Crippen LogP contribution in [-0.4, -0.2) is 65.6 Å². The fraction of sp³-hybridized carbons (Fsp3) is 0.947. The molecule has 1 N–H and O–H groups in total. The number of azide groups is 1. The van der Waals surface area contributed by atoms with Gasteiger partial charge in [-0.05, 0) is 70.1 Å². The SMILES string of the molecule is CC1(C)OB(CCC[C@H]2[C@@H]3CN(CC(F)(F)F)C[C@@H]3C[C@@]2(N=[N+]=[N-])C(=O)O)OC1(C)C. The molecule has 1 aliphatic carbocycles. The van der Waals surface area contributed by atoms with E-state index < -0.39 is 48.5 Å². The highest BCUT2D eigenvalue weighted by Gasteiger charge is 2.60. The molecule has 0 unspecified atom stereocenters. The van der Waals surface area contributed by atoms with Gasteiger partial charge in [-0.1, -0.05) is 11.5 Å². The van der Waals surface area contributed by atoms with Gasteiger partial charge in [-0.3, -0.25) is 9.69 Å². The number of alkyl halides is 3. The summed E-state index contributed by atoms with van der Waals surface area (Å²) in [5.74, 6) is -2.25. The zero-order chi connectivity index (χ0) is 23.2. The van der Waals surface area contributed by atoms with Crippen LogP contribution in [0, 0.1) is 17.8 Å². The molecular formula is C19H30BF3N4O4. The molecule has 0 aromatic carbocycles. The Kier molecular flexibility index (Phi) is 6.34. The second-order valence-corrected chi connectivity index (χ2v) is 10.1. The van der Waals surface area contributed by atoms with E-state index in [1.54, 1.807) is 0 Å². The Bertz CT molecular complexity index is 739. The first-order chi connectivity index (χ1) is 14.2. The van der Waals surface area contributed by atoms with Crippen LogP contribution in [0.1, 0.15) is 47.0 Å². The number of carbonyl (C=O) groups is 1. The third-order valence-corrected chi connectivity index (χ3v) is 7.52. The van der Waals surface area contributed by atoms with E-state index in [1.807, 2.05) is 27.7 Å².